The van der Waals surface area contributed by atoms with Crippen molar-refractivity contribution in [3.63, 3.8) is 0 Å². The van der Waals surface area contributed by atoms with Crippen LogP contribution in [-0.4, -0.2) is 11.7 Å². The maximum atomic E-state index is 8.44. The van der Waals surface area contributed by atoms with Gasteiger partial charge in [0.2, 0.25) is 0 Å². The average Bonchev–Trinajstić information content (AvgIpc) is 2.03. The number of hydrogen-bond acceptors (Lipinski definition) is 1. The maximum Gasteiger partial charge on any atom is 1.00 e. The summed E-state index contributed by atoms with van der Waals surface area (Å²) in [5.41, 5.74) is 1.12. The van der Waals surface area contributed by atoms with Crippen molar-refractivity contribution in [3.8, 4) is 0 Å². The van der Waals surface area contributed by atoms with Gasteiger partial charge in [0.05, 0.1) is 6.61 Å². The van der Waals surface area contributed by atoms with Gasteiger partial charge in [0.1, 0.15) is 0 Å². The van der Waals surface area contributed by atoms with Gasteiger partial charge in [-0.1, -0.05) is 42.5 Å². The van der Waals surface area contributed by atoms with Crippen LogP contribution >= 0.6 is 0 Å². The van der Waals surface area contributed by atoms with Gasteiger partial charge < -0.3 is 6.53 Å². The van der Waals surface area contributed by atoms with Crippen molar-refractivity contribution in [1.82, 2.24) is 0 Å². The molecule has 0 aromatic heterocycles. The van der Waals surface area contributed by atoms with E-state index in [0.29, 0.717) is 0 Å². The quantitative estimate of drug-likeness (QED) is 0.536. The zero-order valence-corrected chi connectivity index (χ0v) is 8.70. The van der Waals surface area contributed by atoms with Crippen LogP contribution in [0.5, 0.6) is 0 Å². The van der Waals surface area contributed by atoms with E-state index in [2.05, 4.69) is 0 Å². The largest absolute Gasteiger partial charge is 1.00 e. The first kappa shape index (κ1) is 10.9. The van der Waals surface area contributed by atoms with Gasteiger partial charge in [-0.25, -0.2) is 0 Å². The summed E-state index contributed by atoms with van der Waals surface area (Å²) in [7, 11) is 0. The smallest absolute Gasteiger partial charge is 1.00 e. The van der Waals surface area contributed by atoms with Crippen molar-refractivity contribution < 1.29 is 36.1 Å². The molecule has 0 atom stereocenters. The van der Waals surface area contributed by atoms with Crippen LogP contribution in [-0.2, 0) is 0 Å². The third kappa shape index (κ3) is 4.38. The molecule has 1 aromatic carbocycles. The van der Waals surface area contributed by atoms with Gasteiger partial charge in [-0.05, 0) is 5.56 Å². The molecular weight excluding hydrogens is 147 g/mol. The Morgan fingerprint density at radius 1 is 1.27 bits per heavy atom. The fourth-order valence-electron chi connectivity index (χ4n) is 0.753. The van der Waals surface area contributed by atoms with E-state index < -0.39 is 0 Å². The van der Waals surface area contributed by atoms with Crippen LogP contribution in [0.2, 0.25) is 0 Å². The van der Waals surface area contributed by atoms with E-state index in [1.807, 2.05) is 36.4 Å². The van der Waals surface area contributed by atoms with Crippen LogP contribution in [0.25, 0.3) is 6.08 Å². The standard InChI is InChI=1S/C9H10O.Na.H/c10-8-4-7-9-5-2-1-3-6-9;;/h1-7,10H,8H2;;/q;+1;-1. The Morgan fingerprint density at radius 2 is 1.91 bits per heavy atom. The third-order valence-corrected chi connectivity index (χ3v) is 1.22. The third-order valence-electron chi connectivity index (χ3n) is 1.22. The van der Waals surface area contributed by atoms with Gasteiger partial charge >= 0.3 is 29.6 Å². The molecule has 0 aliphatic carbocycles. The molecule has 11 heavy (non-hydrogen) atoms. The molecule has 0 heterocycles. The zero-order valence-electron chi connectivity index (χ0n) is 7.70. The molecule has 54 valence electrons. The summed E-state index contributed by atoms with van der Waals surface area (Å²) in [5, 5.41) is 8.44. The first-order chi connectivity index (χ1) is 4.93. The Kier molecular flexibility index (Phi) is 6.57. The van der Waals surface area contributed by atoms with Crippen LogP contribution in [0.15, 0.2) is 36.4 Å². The summed E-state index contributed by atoms with van der Waals surface area (Å²) in [6.07, 6.45) is 3.61. The average molecular weight is 158 g/mol. The Labute approximate surface area is 90.5 Å². The SMILES string of the molecule is OCC=Cc1ccccc1.[H-].[Na+]. The van der Waals surface area contributed by atoms with Crippen molar-refractivity contribution in [2.24, 2.45) is 0 Å². The van der Waals surface area contributed by atoms with Crippen LogP contribution in [0.3, 0.4) is 0 Å². The predicted molar refractivity (Wildman–Crippen MR) is 43.7 cm³/mol. The molecule has 0 radical (unpaired) electrons. The second-order valence-corrected chi connectivity index (χ2v) is 2.00. The van der Waals surface area contributed by atoms with Crippen LogP contribution in [0.4, 0.5) is 0 Å². The summed E-state index contributed by atoms with van der Waals surface area (Å²) in [5.74, 6) is 0. The Morgan fingerprint density at radius 3 is 2.45 bits per heavy atom. The van der Waals surface area contributed by atoms with E-state index in [4.69, 9.17) is 5.11 Å². The monoisotopic (exact) mass is 158 g/mol. The molecule has 0 saturated carbocycles. The Balaban J connectivity index is 0. The molecule has 0 amide bonds. The zero-order chi connectivity index (χ0) is 7.23. The van der Waals surface area contributed by atoms with Gasteiger partial charge in [-0.2, -0.15) is 0 Å². The van der Waals surface area contributed by atoms with E-state index in [9.17, 15) is 0 Å². The van der Waals surface area contributed by atoms with Gasteiger partial charge in [-0.15, -0.1) is 0 Å². The van der Waals surface area contributed by atoms with E-state index in [1.165, 1.54) is 0 Å². The summed E-state index contributed by atoms with van der Waals surface area (Å²) in [6, 6.07) is 9.89. The molecule has 1 aromatic rings. The molecule has 1 rings (SSSR count). The fourth-order valence-corrected chi connectivity index (χ4v) is 0.753. The predicted octanol–water partition coefficient (Wildman–Crippen LogP) is -1.19. The second kappa shape index (κ2) is 6.62. The fraction of sp³-hybridized carbons (Fsp3) is 0.111. The van der Waals surface area contributed by atoms with E-state index in [1.54, 1.807) is 6.08 Å². The molecule has 1 nitrogen and oxygen atoms in total. The normalized spacial score (nSPS) is 9.55. The number of hydrogen-bond donors (Lipinski definition) is 1. The molecule has 0 aliphatic rings. The van der Waals surface area contributed by atoms with Crippen molar-refractivity contribution in [3.05, 3.63) is 42.0 Å². The van der Waals surface area contributed by atoms with Gasteiger partial charge in [0.25, 0.3) is 0 Å². The summed E-state index contributed by atoms with van der Waals surface area (Å²) < 4.78 is 0. The Hall–Kier alpha value is -0.0800. The van der Waals surface area contributed by atoms with Gasteiger partial charge in [0.15, 0.2) is 0 Å². The van der Waals surface area contributed by atoms with Crippen molar-refractivity contribution >= 4 is 6.08 Å². The molecule has 0 saturated heterocycles. The summed E-state index contributed by atoms with van der Waals surface area (Å²) in [6.45, 7) is 0.106. The Bertz CT molecular complexity index is 211. The minimum Gasteiger partial charge on any atom is -1.00 e. The molecule has 0 bridgehead atoms. The van der Waals surface area contributed by atoms with Crippen LogP contribution in [0, 0.1) is 0 Å². The van der Waals surface area contributed by atoms with Crippen LogP contribution in [0.1, 0.15) is 6.99 Å². The minimum atomic E-state index is 0. The number of aliphatic hydroxyl groups excluding tert-OH is 1. The molecule has 1 N–H and O–H groups in total. The molecule has 0 fully saturated rings. The summed E-state index contributed by atoms with van der Waals surface area (Å²) in [4.78, 5) is 0. The molecule has 0 aliphatic heterocycles. The molecular formula is C9H11NaO. The van der Waals surface area contributed by atoms with Gasteiger partial charge in [0, 0.05) is 0 Å². The maximum absolute atomic E-state index is 8.44. The van der Waals surface area contributed by atoms with E-state index in [0.717, 1.165) is 5.56 Å². The molecule has 0 unspecified atom stereocenters. The topological polar surface area (TPSA) is 20.2 Å². The van der Waals surface area contributed by atoms with Crippen molar-refractivity contribution in [2.45, 2.75) is 0 Å². The van der Waals surface area contributed by atoms with E-state index >= 15 is 0 Å². The van der Waals surface area contributed by atoms with Crippen molar-refractivity contribution in [2.75, 3.05) is 6.61 Å². The molecule has 0 spiro atoms. The second-order valence-electron chi connectivity index (χ2n) is 2.00. The number of aliphatic hydroxyl groups is 1. The first-order valence-electron chi connectivity index (χ1n) is 3.26. The number of rotatable bonds is 2. The molecule has 2 heteroatoms. The van der Waals surface area contributed by atoms with Crippen molar-refractivity contribution in [1.29, 1.82) is 0 Å². The first-order valence-corrected chi connectivity index (χ1v) is 3.26. The minimum absolute atomic E-state index is 0. The summed E-state index contributed by atoms with van der Waals surface area (Å²) >= 11 is 0. The van der Waals surface area contributed by atoms with Crippen LogP contribution < -0.4 is 29.6 Å². The number of benzene rings is 1. The van der Waals surface area contributed by atoms with Gasteiger partial charge in [-0.3, -0.25) is 0 Å². The van der Waals surface area contributed by atoms with E-state index in [-0.39, 0.29) is 37.6 Å².